The molecule has 0 spiro atoms. The van der Waals surface area contributed by atoms with Gasteiger partial charge in [0.25, 0.3) is 0 Å². The molecule has 2 heterocycles. The number of aromatic nitrogens is 2. The van der Waals surface area contributed by atoms with Gasteiger partial charge >= 0.3 is 0 Å². The van der Waals surface area contributed by atoms with E-state index in [1.54, 1.807) is 18.4 Å². The van der Waals surface area contributed by atoms with Crippen molar-refractivity contribution in [1.29, 1.82) is 0 Å². The topological polar surface area (TPSA) is 49.4 Å². The van der Waals surface area contributed by atoms with Crippen molar-refractivity contribution in [3.63, 3.8) is 0 Å². The molecule has 0 aliphatic rings. The van der Waals surface area contributed by atoms with Crippen molar-refractivity contribution in [2.24, 2.45) is 0 Å². The molecule has 0 unspecified atom stereocenters. The van der Waals surface area contributed by atoms with Crippen LogP contribution in [0.4, 0.5) is 4.39 Å². The molecule has 2 aromatic carbocycles. The number of furan rings is 1. The molecule has 0 aliphatic heterocycles. The molecule has 2 aromatic heterocycles. The van der Waals surface area contributed by atoms with Gasteiger partial charge in [-0.1, -0.05) is 28.8 Å². The number of hydrogen-bond donors (Lipinski definition) is 0. The molecule has 0 atom stereocenters. The third kappa shape index (κ3) is 4.65. The largest absolute Gasteiger partial charge is 0.490 e. The average molecular weight is 455 g/mol. The second-order valence-electron chi connectivity index (χ2n) is 7.47. The number of hydrogen-bond acceptors (Lipinski definition) is 4. The standard InChI is InChI=1S/C25H24ClFN2O3/c1-4-30-25-23(27)24(19-13-16(2)12-17(3)14-19)28-29(25)9-11-32-22-8-7-18(15-20(22)26)21-6-5-10-31-21/h5-8,10,12-15H,4,9,11H2,1-3H3. The Morgan fingerprint density at radius 1 is 1.03 bits per heavy atom. The van der Waals surface area contributed by atoms with Crippen LogP contribution in [-0.4, -0.2) is 23.0 Å². The first-order valence-corrected chi connectivity index (χ1v) is 10.8. The predicted octanol–water partition coefficient (Wildman–Crippen LogP) is 6.70. The fourth-order valence-electron chi connectivity index (χ4n) is 3.60. The summed E-state index contributed by atoms with van der Waals surface area (Å²) in [6.45, 7) is 6.63. The Hall–Kier alpha value is -3.25. The van der Waals surface area contributed by atoms with Crippen molar-refractivity contribution in [3.8, 4) is 34.2 Å². The second-order valence-corrected chi connectivity index (χ2v) is 7.88. The normalized spacial score (nSPS) is 11.0. The average Bonchev–Trinajstić information content (AvgIpc) is 3.39. The van der Waals surface area contributed by atoms with Gasteiger partial charge in [0.05, 0.1) is 24.4 Å². The third-order valence-corrected chi connectivity index (χ3v) is 5.22. The van der Waals surface area contributed by atoms with Crippen molar-refractivity contribution in [1.82, 2.24) is 9.78 Å². The molecule has 0 radical (unpaired) electrons. The predicted molar refractivity (Wildman–Crippen MR) is 123 cm³/mol. The Morgan fingerprint density at radius 2 is 1.81 bits per heavy atom. The number of halogens is 2. The summed E-state index contributed by atoms with van der Waals surface area (Å²) in [5.74, 6) is 0.884. The van der Waals surface area contributed by atoms with E-state index in [2.05, 4.69) is 5.10 Å². The van der Waals surface area contributed by atoms with Gasteiger partial charge in [-0.05, 0) is 63.2 Å². The lowest BCUT2D eigenvalue weighted by Crippen LogP contribution is -2.12. The summed E-state index contributed by atoms with van der Waals surface area (Å²) < 4.78 is 33.4. The number of ether oxygens (including phenoxy) is 2. The fraction of sp³-hybridized carbons (Fsp3) is 0.240. The van der Waals surface area contributed by atoms with Crippen LogP contribution >= 0.6 is 11.6 Å². The monoisotopic (exact) mass is 454 g/mol. The minimum Gasteiger partial charge on any atom is -0.490 e. The highest BCUT2D eigenvalue weighted by Gasteiger charge is 2.21. The Balaban J connectivity index is 1.52. The molecule has 4 rings (SSSR count). The molecule has 7 heteroatoms. The summed E-state index contributed by atoms with van der Waals surface area (Å²) in [6.07, 6.45) is 1.61. The molecular formula is C25H24ClFN2O3. The highest BCUT2D eigenvalue weighted by molar-refractivity contribution is 6.32. The molecule has 0 saturated carbocycles. The van der Waals surface area contributed by atoms with Gasteiger partial charge in [-0.15, -0.1) is 0 Å². The maximum absolute atomic E-state index is 15.1. The number of rotatable bonds is 8. The van der Waals surface area contributed by atoms with E-state index in [9.17, 15) is 0 Å². The van der Waals surface area contributed by atoms with Crippen LogP contribution in [0, 0.1) is 19.7 Å². The summed E-state index contributed by atoms with van der Waals surface area (Å²) in [5, 5.41) is 4.94. The molecule has 5 nitrogen and oxygen atoms in total. The minimum absolute atomic E-state index is 0.101. The summed E-state index contributed by atoms with van der Waals surface area (Å²) in [4.78, 5) is 0. The minimum atomic E-state index is -0.474. The van der Waals surface area contributed by atoms with Crippen LogP contribution in [0.15, 0.2) is 59.2 Å². The van der Waals surface area contributed by atoms with Crippen LogP contribution < -0.4 is 9.47 Å². The van der Waals surface area contributed by atoms with Crippen LogP contribution in [0.1, 0.15) is 18.1 Å². The lowest BCUT2D eigenvalue weighted by atomic mass is 10.1. The number of nitrogens with zero attached hydrogens (tertiary/aromatic N) is 2. The van der Waals surface area contributed by atoms with Gasteiger partial charge in [-0.2, -0.15) is 9.49 Å². The summed E-state index contributed by atoms with van der Waals surface area (Å²) in [5.41, 5.74) is 3.93. The zero-order valence-electron chi connectivity index (χ0n) is 18.2. The van der Waals surface area contributed by atoms with Crippen molar-refractivity contribution in [2.45, 2.75) is 27.3 Å². The molecule has 0 fully saturated rings. The van der Waals surface area contributed by atoms with Crippen LogP contribution in [0.5, 0.6) is 11.6 Å². The molecule has 0 amide bonds. The van der Waals surface area contributed by atoms with Gasteiger partial charge in [0.1, 0.15) is 23.8 Å². The van der Waals surface area contributed by atoms with Crippen LogP contribution in [0.25, 0.3) is 22.6 Å². The van der Waals surface area contributed by atoms with Gasteiger partial charge in [0.15, 0.2) is 0 Å². The zero-order chi connectivity index (χ0) is 22.7. The molecule has 0 aliphatic carbocycles. The quantitative estimate of drug-likeness (QED) is 0.297. The summed E-state index contributed by atoms with van der Waals surface area (Å²) in [6, 6.07) is 15.0. The van der Waals surface area contributed by atoms with Crippen LogP contribution in [0.3, 0.4) is 0 Å². The molecule has 32 heavy (non-hydrogen) atoms. The van der Waals surface area contributed by atoms with Crippen LogP contribution in [-0.2, 0) is 6.54 Å². The number of aryl methyl sites for hydroxylation is 2. The molecule has 166 valence electrons. The van der Waals surface area contributed by atoms with E-state index >= 15 is 4.39 Å². The fourth-order valence-corrected chi connectivity index (χ4v) is 3.84. The van der Waals surface area contributed by atoms with Gasteiger partial charge in [-0.25, -0.2) is 4.68 Å². The number of benzene rings is 2. The summed E-state index contributed by atoms with van der Waals surface area (Å²) >= 11 is 6.37. The van der Waals surface area contributed by atoms with E-state index in [4.69, 9.17) is 25.5 Å². The Morgan fingerprint density at radius 3 is 2.47 bits per heavy atom. The summed E-state index contributed by atoms with van der Waals surface area (Å²) in [7, 11) is 0. The van der Waals surface area contributed by atoms with Gasteiger partial charge in [-0.3, -0.25) is 0 Å². The van der Waals surface area contributed by atoms with Crippen molar-refractivity contribution < 1.29 is 18.3 Å². The molecule has 4 aromatic rings. The Labute approximate surface area is 191 Å². The van der Waals surface area contributed by atoms with E-state index in [0.29, 0.717) is 23.9 Å². The van der Waals surface area contributed by atoms with E-state index < -0.39 is 5.82 Å². The van der Waals surface area contributed by atoms with Crippen molar-refractivity contribution in [3.05, 3.63) is 76.8 Å². The second kappa shape index (κ2) is 9.49. The highest BCUT2D eigenvalue weighted by atomic mass is 35.5. The van der Waals surface area contributed by atoms with E-state index in [1.165, 1.54) is 4.68 Å². The molecule has 0 N–H and O–H groups in total. The molecule has 0 bridgehead atoms. The lowest BCUT2D eigenvalue weighted by Gasteiger charge is -2.11. The molecular weight excluding hydrogens is 431 g/mol. The highest BCUT2D eigenvalue weighted by Crippen LogP contribution is 2.32. The Kier molecular flexibility index (Phi) is 6.51. The van der Waals surface area contributed by atoms with E-state index in [1.807, 2.05) is 57.2 Å². The third-order valence-electron chi connectivity index (χ3n) is 4.93. The van der Waals surface area contributed by atoms with Gasteiger partial charge < -0.3 is 13.9 Å². The first-order chi connectivity index (χ1) is 15.5. The van der Waals surface area contributed by atoms with Crippen LogP contribution in [0.2, 0.25) is 5.02 Å². The van der Waals surface area contributed by atoms with Gasteiger partial charge in [0.2, 0.25) is 11.7 Å². The first kappa shape index (κ1) is 22.0. The van der Waals surface area contributed by atoms with Crippen molar-refractivity contribution in [2.75, 3.05) is 13.2 Å². The smallest absolute Gasteiger partial charge is 0.249 e. The Bertz CT molecular complexity index is 1200. The zero-order valence-corrected chi connectivity index (χ0v) is 18.9. The van der Waals surface area contributed by atoms with Crippen molar-refractivity contribution >= 4 is 11.6 Å². The lowest BCUT2D eigenvalue weighted by molar-refractivity contribution is 0.253. The SMILES string of the molecule is CCOc1c(F)c(-c2cc(C)cc(C)c2)nn1CCOc1ccc(-c2ccco2)cc1Cl. The van der Waals surface area contributed by atoms with E-state index in [-0.39, 0.29) is 18.2 Å². The molecule has 0 saturated heterocycles. The van der Waals surface area contributed by atoms with E-state index in [0.717, 1.165) is 28.0 Å². The van der Waals surface area contributed by atoms with Gasteiger partial charge in [0, 0.05) is 11.1 Å². The first-order valence-electron chi connectivity index (χ1n) is 10.4. The maximum Gasteiger partial charge on any atom is 0.249 e. The maximum atomic E-state index is 15.1.